The largest absolute Gasteiger partial charge is 0.444 e. The highest BCUT2D eigenvalue weighted by Gasteiger charge is 2.21. The Morgan fingerprint density at radius 3 is 2.13 bits per heavy atom. The van der Waals surface area contributed by atoms with Crippen molar-refractivity contribution in [3.8, 4) is 0 Å². The van der Waals surface area contributed by atoms with Crippen LogP contribution >= 0.6 is 0 Å². The van der Waals surface area contributed by atoms with E-state index in [0.29, 0.717) is 16.8 Å². The van der Waals surface area contributed by atoms with Crippen molar-refractivity contribution in [2.24, 2.45) is 0 Å². The fraction of sp³-hybridized carbons (Fsp3) is 0.304. The van der Waals surface area contributed by atoms with Crippen molar-refractivity contribution in [2.75, 3.05) is 5.32 Å². The van der Waals surface area contributed by atoms with Crippen molar-refractivity contribution in [2.45, 2.75) is 45.8 Å². The van der Waals surface area contributed by atoms with Gasteiger partial charge in [0, 0.05) is 16.8 Å². The maximum absolute atomic E-state index is 12.5. The lowest BCUT2D eigenvalue weighted by atomic mass is 10.0. The van der Waals surface area contributed by atoms with Gasteiger partial charge in [-0.3, -0.25) is 14.4 Å². The second kappa shape index (κ2) is 9.82. The number of hydrogen-bond acceptors (Lipinski definition) is 5. The van der Waals surface area contributed by atoms with Gasteiger partial charge in [0.15, 0.2) is 11.6 Å². The van der Waals surface area contributed by atoms with Crippen LogP contribution in [0.3, 0.4) is 0 Å². The topological polar surface area (TPSA) is 102 Å². The van der Waals surface area contributed by atoms with Crippen LogP contribution in [-0.2, 0) is 9.53 Å². The molecule has 0 fully saturated rings. The van der Waals surface area contributed by atoms with Gasteiger partial charge in [0.1, 0.15) is 11.6 Å². The summed E-state index contributed by atoms with van der Waals surface area (Å²) in [6.45, 7) is 6.69. The second-order valence-corrected chi connectivity index (χ2v) is 7.83. The zero-order valence-corrected chi connectivity index (χ0v) is 17.5. The third-order valence-corrected chi connectivity index (χ3v) is 4.00. The molecule has 0 radical (unpaired) electrons. The zero-order chi connectivity index (χ0) is 22.3. The Bertz CT molecular complexity index is 932. The molecule has 0 saturated carbocycles. The number of nitrogens with one attached hydrogen (secondary N) is 2. The molecule has 0 heterocycles. The summed E-state index contributed by atoms with van der Waals surface area (Å²) in [5.74, 6) is -1.09. The summed E-state index contributed by atoms with van der Waals surface area (Å²) in [7, 11) is 0. The van der Waals surface area contributed by atoms with Gasteiger partial charge < -0.3 is 15.4 Å². The first-order valence-electron chi connectivity index (χ1n) is 9.57. The van der Waals surface area contributed by atoms with Crippen molar-refractivity contribution >= 4 is 29.3 Å². The van der Waals surface area contributed by atoms with Crippen molar-refractivity contribution in [1.29, 1.82) is 0 Å². The number of ether oxygens (including phenoxy) is 1. The summed E-state index contributed by atoms with van der Waals surface area (Å²) >= 11 is 0. The Morgan fingerprint density at radius 1 is 0.900 bits per heavy atom. The Balaban J connectivity index is 1.97. The van der Waals surface area contributed by atoms with Crippen LogP contribution in [0.4, 0.5) is 10.5 Å². The van der Waals surface area contributed by atoms with Gasteiger partial charge >= 0.3 is 6.09 Å². The van der Waals surface area contributed by atoms with E-state index in [4.69, 9.17) is 4.74 Å². The Hall–Kier alpha value is -3.48. The van der Waals surface area contributed by atoms with Gasteiger partial charge in [-0.1, -0.05) is 42.5 Å². The van der Waals surface area contributed by atoms with Crippen molar-refractivity contribution < 1.29 is 23.9 Å². The number of Topliss-reactive ketones (excluding diaryl/α,β-unsaturated/α-hetero) is 2. The number of alkyl carbamates (subject to hydrolysis) is 1. The van der Waals surface area contributed by atoms with E-state index in [9.17, 15) is 19.2 Å². The van der Waals surface area contributed by atoms with Crippen LogP contribution in [0.2, 0.25) is 0 Å². The molecule has 0 saturated heterocycles. The molecule has 1 atom stereocenters. The molecule has 0 aliphatic heterocycles. The molecule has 0 unspecified atom stereocenters. The van der Waals surface area contributed by atoms with Crippen LogP contribution in [-0.4, -0.2) is 35.2 Å². The monoisotopic (exact) mass is 410 g/mol. The Morgan fingerprint density at radius 2 is 1.50 bits per heavy atom. The predicted molar refractivity (Wildman–Crippen MR) is 114 cm³/mol. The number of rotatable bonds is 7. The number of carbonyl (C=O) groups is 4. The van der Waals surface area contributed by atoms with Crippen LogP contribution in [0, 0.1) is 0 Å². The molecule has 158 valence electrons. The van der Waals surface area contributed by atoms with Crippen LogP contribution in [0.1, 0.15) is 54.8 Å². The molecule has 0 aliphatic rings. The molecular weight excluding hydrogens is 384 g/mol. The fourth-order valence-electron chi connectivity index (χ4n) is 2.54. The predicted octanol–water partition coefficient (Wildman–Crippen LogP) is 3.99. The number of ketones is 2. The van der Waals surface area contributed by atoms with Crippen molar-refractivity contribution in [1.82, 2.24) is 5.32 Å². The van der Waals surface area contributed by atoms with E-state index >= 15 is 0 Å². The first-order valence-corrected chi connectivity index (χ1v) is 9.57. The van der Waals surface area contributed by atoms with E-state index in [2.05, 4.69) is 10.6 Å². The first kappa shape index (κ1) is 22.8. The summed E-state index contributed by atoms with van der Waals surface area (Å²) in [5, 5.41) is 5.10. The third kappa shape index (κ3) is 7.16. The molecule has 2 rings (SSSR count). The lowest BCUT2D eigenvalue weighted by molar-refractivity contribution is -0.117. The van der Waals surface area contributed by atoms with Gasteiger partial charge in [0.2, 0.25) is 5.91 Å². The number of anilines is 1. The summed E-state index contributed by atoms with van der Waals surface area (Å²) in [6, 6.07) is 14.0. The van der Waals surface area contributed by atoms with Gasteiger partial charge in [-0.2, -0.15) is 0 Å². The van der Waals surface area contributed by atoms with Crippen LogP contribution in [0.25, 0.3) is 0 Å². The zero-order valence-electron chi connectivity index (χ0n) is 17.5. The van der Waals surface area contributed by atoms with Crippen LogP contribution < -0.4 is 10.6 Å². The Kier molecular flexibility index (Phi) is 7.47. The van der Waals surface area contributed by atoms with Crippen LogP contribution in [0.5, 0.6) is 0 Å². The SMILES string of the molecule is C[C@H](NC(=O)OC(C)(C)C)C(=O)Nc1cccc(C(=O)CC(=O)c2ccccc2)c1. The van der Waals surface area contributed by atoms with E-state index in [1.165, 1.54) is 13.0 Å². The number of benzene rings is 2. The summed E-state index contributed by atoms with van der Waals surface area (Å²) in [6.07, 6.45) is -0.966. The van der Waals surface area contributed by atoms with Gasteiger partial charge in [0.25, 0.3) is 0 Å². The lowest BCUT2D eigenvalue weighted by Crippen LogP contribution is -2.43. The number of amides is 2. The standard InChI is InChI=1S/C23H26N2O5/c1-15(24-22(29)30-23(2,3)4)21(28)25-18-12-8-11-17(13-18)20(27)14-19(26)16-9-6-5-7-10-16/h5-13,15H,14H2,1-4H3,(H,24,29)(H,25,28)/t15-/m0/s1. The highest BCUT2D eigenvalue weighted by atomic mass is 16.6. The fourth-order valence-corrected chi connectivity index (χ4v) is 2.54. The molecule has 2 amide bonds. The maximum atomic E-state index is 12.5. The minimum atomic E-state index is -0.848. The highest BCUT2D eigenvalue weighted by molar-refractivity contribution is 6.13. The van der Waals surface area contributed by atoms with Gasteiger partial charge in [-0.25, -0.2) is 4.79 Å². The van der Waals surface area contributed by atoms with E-state index in [1.54, 1.807) is 69.3 Å². The third-order valence-electron chi connectivity index (χ3n) is 4.00. The molecule has 0 bridgehead atoms. The summed E-state index contributed by atoms with van der Waals surface area (Å²) in [4.78, 5) is 48.8. The first-order chi connectivity index (χ1) is 14.0. The minimum absolute atomic E-state index is 0.266. The Labute approximate surface area is 175 Å². The molecule has 0 aliphatic carbocycles. The normalized spacial score (nSPS) is 11.9. The smallest absolute Gasteiger partial charge is 0.408 e. The van der Waals surface area contributed by atoms with Crippen molar-refractivity contribution in [3.63, 3.8) is 0 Å². The summed E-state index contributed by atoms with van der Waals surface area (Å²) in [5.41, 5.74) is 0.490. The minimum Gasteiger partial charge on any atom is -0.444 e. The molecule has 0 aromatic heterocycles. The maximum Gasteiger partial charge on any atom is 0.408 e. The second-order valence-electron chi connectivity index (χ2n) is 7.83. The highest BCUT2D eigenvalue weighted by Crippen LogP contribution is 2.15. The molecule has 2 aromatic rings. The van der Waals surface area contributed by atoms with Gasteiger partial charge in [-0.05, 0) is 39.8 Å². The van der Waals surface area contributed by atoms with Gasteiger partial charge in [0.05, 0.1) is 6.42 Å². The van der Waals surface area contributed by atoms with Gasteiger partial charge in [-0.15, -0.1) is 0 Å². The average molecular weight is 410 g/mol. The van der Waals surface area contributed by atoms with E-state index in [0.717, 1.165) is 0 Å². The summed E-state index contributed by atoms with van der Waals surface area (Å²) < 4.78 is 5.13. The number of carbonyl (C=O) groups excluding carboxylic acids is 4. The molecule has 7 nitrogen and oxygen atoms in total. The van der Waals surface area contributed by atoms with E-state index < -0.39 is 23.6 Å². The van der Waals surface area contributed by atoms with E-state index in [1.807, 2.05) is 0 Å². The number of hydrogen-bond donors (Lipinski definition) is 2. The molecule has 30 heavy (non-hydrogen) atoms. The molecule has 2 aromatic carbocycles. The van der Waals surface area contributed by atoms with E-state index in [-0.39, 0.29) is 18.0 Å². The van der Waals surface area contributed by atoms with Crippen molar-refractivity contribution in [3.05, 3.63) is 65.7 Å². The average Bonchev–Trinajstić information content (AvgIpc) is 2.67. The molecule has 2 N–H and O–H groups in total. The quantitative estimate of drug-likeness (QED) is 0.531. The molecule has 7 heteroatoms. The lowest BCUT2D eigenvalue weighted by Gasteiger charge is -2.21. The molecular formula is C23H26N2O5. The van der Waals surface area contributed by atoms with Crippen LogP contribution in [0.15, 0.2) is 54.6 Å². The molecule has 0 spiro atoms.